The number of rotatable bonds is 5. The lowest BCUT2D eigenvalue weighted by Crippen LogP contribution is -2.39. The van der Waals surface area contributed by atoms with Crippen LogP contribution >= 0.6 is 15.9 Å². The Kier molecular flexibility index (Phi) is 5.02. The summed E-state index contributed by atoms with van der Waals surface area (Å²) >= 11 is 3.13. The molecule has 1 rings (SSSR count). The molecule has 0 bridgehead atoms. The van der Waals surface area contributed by atoms with Gasteiger partial charge in [-0.05, 0) is 18.2 Å². The van der Waals surface area contributed by atoms with Crippen LogP contribution in [-0.2, 0) is 9.59 Å². The summed E-state index contributed by atoms with van der Waals surface area (Å²) < 4.78 is 0.492. The Balaban J connectivity index is 2.84. The zero-order valence-electron chi connectivity index (χ0n) is 9.72. The van der Waals surface area contributed by atoms with Crippen LogP contribution < -0.4 is 16.8 Å². The average molecular weight is 330 g/mol. The lowest BCUT2D eigenvalue weighted by atomic mass is 10.1. The van der Waals surface area contributed by atoms with Crippen molar-refractivity contribution in [3.8, 4) is 0 Å². The van der Waals surface area contributed by atoms with Crippen molar-refractivity contribution in [3.63, 3.8) is 0 Å². The molecule has 0 spiro atoms. The van der Waals surface area contributed by atoms with Gasteiger partial charge in [-0.25, -0.2) is 4.79 Å². The third-order valence-electron chi connectivity index (χ3n) is 2.17. The highest BCUT2D eigenvalue weighted by Gasteiger charge is 2.17. The van der Waals surface area contributed by atoms with Gasteiger partial charge in [-0.15, -0.1) is 0 Å². The van der Waals surface area contributed by atoms with Gasteiger partial charge >= 0.3 is 5.97 Å². The standard InChI is InChI=1S/C11H12BrN3O4/c12-6-1-5(11(18)19)2-7(3-6)15-10(17)8(13)4-9(14)16/h1-3,8H,4,13H2,(H2,14,16)(H,15,17)(H,18,19). The molecular weight excluding hydrogens is 318 g/mol. The van der Waals surface area contributed by atoms with Gasteiger partial charge in [0, 0.05) is 10.2 Å². The molecule has 2 amide bonds. The smallest absolute Gasteiger partial charge is 0.335 e. The molecule has 0 fully saturated rings. The second-order valence-corrected chi connectivity index (χ2v) is 4.72. The largest absolute Gasteiger partial charge is 0.478 e. The maximum Gasteiger partial charge on any atom is 0.335 e. The van der Waals surface area contributed by atoms with Gasteiger partial charge in [0.25, 0.3) is 0 Å². The van der Waals surface area contributed by atoms with Crippen LogP contribution in [0.5, 0.6) is 0 Å². The fraction of sp³-hybridized carbons (Fsp3) is 0.182. The molecule has 1 atom stereocenters. The van der Waals surface area contributed by atoms with Crippen molar-refractivity contribution in [1.29, 1.82) is 0 Å². The molecule has 19 heavy (non-hydrogen) atoms. The molecule has 0 aliphatic heterocycles. The molecule has 0 aromatic heterocycles. The van der Waals surface area contributed by atoms with E-state index in [1.165, 1.54) is 18.2 Å². The van der Waals surface area contributed by atoms with Gasteiger partial charge in [0.15, 0.2) is 0 Å². The summed E-state index contributed by atoms with van der Waals surface area (Å²) in [6, 6.07) is 3.11. The molecule has 102 valence electrons. The molecule has 7 nitrogen and oxygen atoms in total. The molecule has 1 unspecified atom stereocenters. The maximum absolute atomic E-state index is 11.6. The number of carboxylic acids is 1. The molecule has 0 aliphatic carbocycles. The van der Waals surface area contributed by atoms with Crippen molar-refractivity contribution >= 4 is 39.4 Å². The number of hydrogen-bond acceptors (Lipinski definition) is 4. The van der Waals surface area contributed by atoms with E-state index in [0.717, 1.165) is 0 Å². The first-order valence-corrected chi connectivity index (χ1v) is 5.97. The first kappa shape index (κ1) is 15.1. The van der Waals surface area contributed by atoms with Gasteiger partial charge < -0.3 is 21.9 Å². The molecular formula is C11H12BrN3O4. The van der Waals surface area contributed by atoms with E-state index in [-0.39, 0.29) is 17.7 Å². The molecule has 0 saturated heterocycles. The molecule has 6 N–H and O–H groups in total. The van der Waals surface area contributed by atoms with Crippen LogP contribution in [0.2, 0.25) is 0 Å². The van der Waals surface area contributed by atoms with Gasteiger partial charge in [0.05, 0.1) is 18.0 Å². The highest BCUT2D eigenvalue weighted by molar-refractivity contribution is 9.10. The summed E-state index contributed by atoms with van der Waals surface area (Å²) in [5, 5.41) is 11.3. The van der Waals surface area contributed by atoms with E-state index < -0.39 is 23.8 Å². The van der Waals surface area contributed by atoms with Gasteiger partial charge in [-0.1, -0.05) is 15.9 Å². The Morgan fingerprint density at radius 1 is 1.32 bits per heavy atom. The number of carbonyl (C=O) groups is 3. The molecule has 1 aromatic carbocycles. The van der Waals surface area contributed by atoms with Gasteiger partial charge in [-0.3, -0.25) is 9.59 Å². The lowest BCUT2D eigenvalue weighted by molar-refractivity contribution is -0.123. The van der Waals surface area contributed by atoms with Crippen LogP contribution in [-0.4, -0.2) is 28.9 Å². The number of hydrogen-bond donors (Lipinski definition) is 4. The Morgan fingerprint density at radius 3 is 2.47 bits per heavy atom. The normalized spacial score (nSPS) is 11.7. The third-order valence-corrected chi connectivity index (χ3v) is 2.63. The van der Waals surface area contributed by atoms with Crippen LogP contribution in [0, 0.1) is 0 Å². The van der Waals surface area contributed by atoms with E-state index in [2.05, 4.69) is 21.2 Å². The highest BCUT2D eigenvalue weighted by Crippen LogP contribution is 2.20. The summed E-state index contributed by atoms with van der Waals surface area (Å²) in [4.78, 5) is 33.1. The number of carbonyl (C=O) groups excluding carboxylic acids is 2. The van der Waals surface area contributed by atoms with E-state index in [4.69, 9.17) is 16.6 Å². The predicted molar refractivity (Wildman–Crippen MR) is 71.5 cm³/mol. The Hall–Kier alpha value is -1.93. The Bertz CT molecular complexity index is 533. The summed E-state index contributed by atoms with van der Waals surface area (Å²) in [6.45, 7) is 0. The minimum absolute atomic E-state index is 0.00754. The van der Waals surface area contributed by atoms with Crippen molar-refractivity contribution in [2.45, 2.75) is 12.5 Å². The quantitative estimate of drug-likeness (QED) is 0.615. The molecule has 0 aliphatic rings. The van der Waals surface area contributed by atoms with Gasteiger partial charge in [-0.2, -0.15) is 0 Å². The lowest BCUT2D eigenvalue weighted by Gasteiger charge is -2.11. The molecule has 0 heterocycles. The van der Waals surface area contributed by atoms with E-state index in [1.807, 2.05) is 0 Å². The van der Waals surface area contributed by atoms with Crippen LogP contribution in [0.4, 0.5) is 5.69 Å². The second kappa shape index (κ2) is 6.30. The van der Waals surface area contributed by atoms with Crippen molar-refractivity contribution in [3.05, 3.63) is 28.2 Å². The minimum Gasteiger partial charge on any atom is -0.478 e. The summed E-state index contributed by atoms with van der Waals surface area (Å²) in [5.74, 6) is -2.44. The Labute approximate surface area is 117 Å². The number of primary amides is 1. The average Bonchev–Trinajstić information content (AvgIpc) is 2.26. The topological polar surface area (TPSA) is 136 Å². The maximum atomic E-state index is 11.6. The van der Waals surface area contributed by atoms with Gasteiger partial charge in [0.1, 0.15) is 0 Å². The fourth-order valence-corrected chi connectivity index (χ4v) is 1.82. The number of carboxylic acid groups (broad SMARTS) is 1. The summed E-state index contributed by atoms with van der Waals surface area (Å²) in [7, 11) is 0. The molecule has 0 saturated carbocycles. The van der Waals surface area contributed by atoms with Crippen LogP contribution in [0.15, 0.2) is 22.7 Å². The zero-order chi connectivity index (χ0) is 14.6. The van der Waals surface area contributed by atoms with Crippen LogP contribution in [0.3, 0.4) is 0 Å². The molecule has 8 heteroatoms. The number of aromatic carboxylic acids is 1. The number of nitrogens with two attached hydrogens (primary N) is 2. The number of amides is 2. The van der Waals surface area contributed by atoms with E-state index in [1.54, 1.807) is 0 Å². The van der Waals surface area contributed by atoms with E-state index in [9.17, 15) is 14.4 Å². The van der Waals surface area contributed by atoms with Gasteiger partial charge in [0.2, 0.25) is 11.8 Å². The predicted octanol–water partition coefficient (Wildman–Crippen LogP) is 0.288. The Morgan fingerprint density at radius 2 is 1.95 bits per heavy atom. The molecule has 1 aromatic rings. The number of benzene rings is 1. The zero-order valence-corrected chi connectivity index (χ0v) is 11.3. The SMILES string of the molecule is NC(=O)CC(N)C(=O)Nc1cc(Br)cc(C(=O)O)c1. The number of nitrogens with one attached hydrogen (secondary N) is 1. The summed E-state index contributed by atoms with van der Waals surface area (Å²) in [6.07, 6.45) is -0.286. The van der Waals surface area contributed by atoms with Crippen molar-refractivity contribution < 1.29 is 19.5 Å². The van der Waals surface area contributed by atoms with E-state index >= 15 is 0 Å². The first-order chi connectivity index (χ1) is 8.79. The monoisotopic (exact) mass is 329 g/mol. The number of anilines is 1. The molecule has 0 radical (unpaired) electrons. The number of halogens is 1. The van der Waals surface area contributed by atoms with E-state index in [0.29, 0.717) is 4.47 Å². The van der Waals surface area contributed by atoms with Crippen LogP contribution in [0.1, 0.15) is 16.8 Å². The first-order valence-electron chi connectivity index (χ1n) is 5.18. The summed E-state index contributed by atoms with van der Waals surface area (Å²) in [5.41, 5.74) is 10.7. The van der Waals surface area contributed by atoms with Crippen molar-refractivity contribution in [2.24, 2.45) is 11.5 Å². The van der Waals surface area contributed by atoms with Crippen molar-refractivity contribution in [2.75, 3.05) is 5.32 Å². The van der Waals surface area contributed by atoms with Crippen LogP contribution in [0.25, 0.3) is 0 Å². The van der Waals surface area contributed by atoms with Crippen molar-refractivity contribution in [1.82, 2.24) is 0 Å². The minimum atomic E-state index is -1.13. The highest BCUT2D eigenvalue weighted by atomic mass is 79.9. The fourth-order valence-electron chi connectivity index (χ4n) is 1.33. The second-order valence-electron chi connectivity index (χ2n) is 3.80. The third kappa shape index (κ3) is 4.68.